The molecule has 0 radical (unpaired) electrons. The van der Waals surface area contributed by atoms with Gasteiger partial charge >= 0.3 is 12.2 Å². The molecule has 12 heteroatoms. The number of nitrogens with one attached hydrogen (secondary N) is 3. The molecule has 0 aliphatic carbocycles. The number of rotatable bonds is 4. The van der Waals surface area contributed by atoms with E-state index in [9.17, 15) is 9.59 Å². The van der Waals surface area contributed by atoms with E-state index in [4.69, 9.17) is 14.5 Å². The van der Waals surface area contributed by atoms with Crippen LogP contribution in [-0.4, -0.2) is 66.2 Å². The van der Waals surface area contributed by atoms with Gasteiger partial charge in [0.25, 0.3) is 0 Å². The van der Waals surface area contributed by atoms with E-state index < -0.39 is 11.2 Å². The zero-order valence-corrected chi connectivity index (χ0v) is 29.7. The molecule has 11 nitrogen and oxygen atoms in total. The largest absolute Gasteiger partial charge is 0.444 e. The number of aromatic nitrogens is 4. The Labute approximate surface area is 292 Å². The molecule has 0 bridgehead atoms. The minimum absolute atomic E-state index is 0.172. The van der Waals surface area contributed by atoms with Gasteiger partial charge in [-0.2, -0.15) is 0 Å². The average molecular weight is 684 g/mol. The van der Waals surface area contributed by atoms with Crippen molar-refractivity contribution in [1.82, 2.24) is 35.1 Å². The summed E-state index contributed by atoms with van der Waals surface area (Å²) in [5, 5.41) is 3.50. The molecule has 2 amide bonds. The van der Waals surface area contributed by atoms with Crippen LogP contribution < -0.4 is 5.32 Å². The lowest BCUT2D eigenvalue weighted by Gasteiger charge is -2.27. The Balaban J connectivity index is 1.10. The first-order chi connectivity index (χ1) is 23.7. The van der Waals surface area contributed by atoms with Crippen molar-refractivity contribution in [2.75, 3.05) is 13.1 Å². The molecule has 3 aliphatic heterocycles. The van der Waals surface area contributed by atoms with Gasteiger partial charge < -0.3 is 24.8 Å². The second-order valence-electron chi connectivity index (χ2n) is 15.5. The number of carbonyl (C=O) groups is 2. The number of nitrogens with zero attached hydrogens (tertiary/aromatic N) is 4. The molecule has 4 aromatic rings. The van der Waals surface area contributed by atoms with Gasteiger partial charge in [0.2, 0.25) is 0 Å². The fraction of sp³-hybridized carbons (Fsp3) is 0.474. The molecule has 3 N–H and O–H groups in total. The lowest BCUT2D eigenvalue weighted by Crippen LogP contribution is -2.36. The summed E-state index contributed by atoms with van der Waals surface area (Å²) in [6, 6.07) is 10.9. The fourth-order valence-corrected chi connectivity index (χ4v) is 7.15. The van der Waals surface area contributed by atoms with Crippen LogP contribution in [0.4, 0.5) is 14.0 Å². The van der Waals surface area contributed by atoms with Crippen LogP contribution in [0.15, 0.2) is 42.6 Å². The molecule has 2 aromatic heterocycles. The molecule has 2 atom stereocenters. The van der Waals surface area contributed by atoms with Crippen LogP contribution in [0.1, 0.15) is 102 Å². The zero-order chi connectivity index (χ0) is 35.4. The van der Waals surface area contributed by atoms with Crippen LogP contribution in [0.2, 0.25) is 0 Å². The van der Waals surface area contributed by atoms with Crippen molar-refractivity contribution in [2.24, 2.45) is 0 Å². The molecule has 264 valence electrons. The smallest absolute Gasteiger partial charge is 0.410 e. The highest BCUT2D eigenvalue weighted by Crippen LogP contribution is 2.38. The Morgan fingerprint density at radius 2 is 1.40 bits per heavy atom. The molecular formula is C38H46FN7O4. The molecular weight excluding hydrogens is 637 g/mol. The van der Waals surface area contributed by atoms with Crippen molar-refractivity contribution in [3.8, 4) is 33.6 Å². The van der Waals surface area contributed by atoms with Crippen LogP contribution in [0.25, 0.3) is 33.6 Å². The summed E-state index contributed by atoms with van der Waals surface area (Å²) < 4.78 is 27.0. The average Bonchev–Trinajstić information content (AvgIpc) is 3.85. The predicted molar refractivity (Wildman–Crippen MR) is 187 cm³/mol. The third-order valence-electron chi connectivity index (χ3n) is 9.36. The maximum absolute atomic E-state index is 15.7. The molecule has 0 spiro atoms. The number of imidazole rings is 2. The Morgan fingerprint density at radius 1 is 0.800 bits per heavy atom. The third kappa shape index (κ3) is 6.85. The number of amides is 2. The van der Waals surface area contributed by atoms with Gasteiger partial charge in [0, 0.05) is 37.3 Å². The number of carbonyl (C=O) groups excluding carboxylic acids is 2. The maximum Gasteiger partial charge on any atom is 0.410 e. The number of likely N-dealkylation sites (tertiary alicyclic amines) is 2. The Kier molecular flexibility index (Phi) is 8.70. The third-order valence-corrected chi connectivity index (χ3v) is 9.36. The monoisotopic (exact) mass is 683 g/mol. The van der Waals surface area contributed by atoms with Gasteiger partial charge in [0.05, 0.1) is 35.4 Å². The summed E-state index contributed by atoms with van der Waals surface area (Å²) in [5.74, 6) is 1.02. The molecule has 5 heterocycles. The molecule has 50 heavy (non-hydrogen) atoms. The van der Waals surface area contributed by atoms with Gasteiger partial charge in [0.15, 0.2) is 0 Å². The molecule has 2 aromatic carbocycles. The van der Waals surface area contributed by atoms with Crippen molar-refractivity contribution in [2.45, 2.75) is 104 Å². The number of aromatic amines is 2. The first-order valence-electron chi connectivity index (χ1n) is 17.5. The van der Waals surface area contributed by atoms with Crippen LogP contribution in [0.3, 0.4) is 0 Å². The number of hydrogen-bond acceptors (Lipinski definition) is 7. The lowest BCUT2D eigenvalue weighted by atomic mass is 9.96. The molecule has 3 aliphatic rings. The van der Waals surface area contributed by atoms with E-state index >= 15 is 4.39 Å². The zero-order valence-electron chi connectivity index (χ0n) is 29.7. The van der Waals surface area contributed by atoms with Crippen molar-refractivity contribution < 1.29 is 23.5 Å². The van der Waals surface area contributed by atoms with E-state index in [1.807, 2.05) is 59.7 Å². The number of H-pyrrole nitrogens is 2. The van der Waals surface area contributed by atoms with Gasteiger partial charge in [-0.1, -0.05) is 18.2 Å². The summed E-state index contributed by atoms with van der Waals surface area (Å²) in [7, 11) is 0. The Morgan fingerprint density at radius 3 is 2.02 bits per heavy atom. The highest BCUT2D eigenvalue weighted by atomic mass is 19.1. The molecule has 0 unspecified atom stereocenters. The lowest BCUT2D eigenvalue weighted by molar-refractivity contribution is 0.0208. The predicted octanol–water partition coefficient (Wildman–Crippen LogP) is 8.02. The molecule has 7 rings (SSSR count). The van der Waals surface area contributed by atoms with Gasteiger partial charge in [0.1, 0.15) is 28.7 Å². The van der Waals surface area contributed by atoms with Crippen molar-refractivity contribution in [3.63, 3.8) is 0 Å². The number of hydrogen-bond donors (Lipinski definition) is 3. The van der Waals surface area contributed by atoms with E-state index in [0.29, 0.717) is 43.3 Å². The van der Waals surface area contributed by atoms with E-state index in [0.717, 1.165) is 65.1 Å². The molecule has 2 saturated heterocycles. The molecule has 0 saturated carbocycles. The molecule has 2 fully saturated rings. The van der Waals surface area contributed by atoms with Crippen LogP contribution in [-0.2, 0) is 22.6 Å². The normalized spacial score (nSPS) is 19.3. The van der Waals surface area contributed by atoms with Gasteiger partial charge in [-0.25, -0.2) is 23.9 Å². The van der Waals surface area contributed by atoms with Crippen LogP contribution >= 0.6 is 0 Å². The van der Waals surface area contributed by atoms with Gasteiger partial charge in [-0.3, -0.25) is 9.80 Å². The summed E-state index contributed by atoms with van der Waals surface area (Å²) in [4.78, 5) is 45.6. The maximum atomic E-state index is 15.7. The van der Waals surface area contributed by atoms with Crippen molar-refractivity contribution in [1.29, 1.82) is 0 Å². The topological polar surface area (TPSA) is 128 Å². The quantitative estimate of drug-likeness (QED) is 0.199. The van der Waals surface area contributed by atoms with Crippen LogP contribution in [0.5, 0.6) is 0 Å². The summed E-state index contributed by atoms with van der Waals surface area (Å²) in [6.45, 7) is 13.6. The number of fused-ring (bicyclic) bond motifs is 3. The Bertz CT molecular complexity index is 1920. The minimum Gasteiger partial charge on any atom is -0.444 e. The van der Waals surface area contributed by atoms with Crippen molar-refractivity contribution in [3.05, 3.63) is 71.3 Å². The SMILES string of the molecule is CC(C)(C)OC(=O)N1CCC[C@H]1c1ncc(-c2ccc(-c3ccc4c(c3)CNCc3[nH]c([C@@H]5CCCN5C(=O)OC(C)(C)C)nc3-4)cc2F)[nH]1. The number of halogens is 1. The summed E-state index contributed by atoms with van der Waals surface area (Å²) in [6.07, 6.45) is 4.24. The minimum atomic E-state index is -0.593. The second kappa shape index (κ2) is 12.9. The number of benzene rings is 2. The highest BCUT2D eigenvalue weighted by molar-refractivity contribution is 5.76. The fourth-order valence-electron chi connectivity index (χ4n) is 7.15. The summed E-state index contributed by atoms with van der Waals surface area (Å²) in [5.41, 5.74) is 5.36. The van der Waals surface area contributed by atoms with E-state index in [1.165, 1.54) is 0 Å². The van der Waals surface area contributed by atoms with Crippen LogP contribution in [0, 0.1) is 5.82 Å². The van der Waals surface area contributed by atoms with Gasteiger partial charge in [-0.15, -0.1) is 0 Å². The number of ether oxygens (including phenoxy) is 2. The standard InChI is InChI=1S/C38H46FN7O4/c1-37(2,3)49-35(47)45-15-7-9-30(45)33-41-21-28(42-33)26-14-12-23(18-27(26)39)22-11-13-25-24(17-22)19-40-20-29-32(25)44-34(43-29)31-10-8-16-46(31)36(48)50-38(4,5)6/h11-14,17-18,21,30-31,40H,7-10,15-16,19-20H2,1-6H3,(H,41,42)(H,43,44)/t30-,31-/m0/s1. The van der Waals surface area contributed by atoms with E-state index in [1.54, 1.807) is 28.1 Å². The van der Waals surface area contributed by atoms with E-state index in [-0.39, 0.29) is 30.1 Å². The summed E-state index contributed by atoms with van der Waals surface area (Å²) >= 11 is 0. The Hall–Kier alpha value is -4.71. The second-order valence-corrected chi connectivity index (χ2v) is 15.5. The first kappa shape index (κ1) is 33.8. The van der Waals surface area contributed by atoms with E-state index in [2.05, 4.69) is 26.3 Å². The first-order valence-corrected chi connectivity index (χ1v) is 17.5. The van der Waals surface area contributed by atoms with Gasteiger partial charge in [-0.05, 0) is 102 Å². The van der Waals surface area contributed by atoms with Crippen molar-refractivity contribution >= 4 is 12.2 Å². The highest BCUT2D eigenvalue weighted by Gasteiger charge is 2.37.